The minimum absolute atomic E-state index is 0.0964. The number of nitrogens with zero attached hydrogens (tertiary/aromatic N) is 1. The zero-order valence-corrected chi connectivity index (χ0v) is 9.05. The molecule has 4 heteroatoms. The van der Waals surface area contributed by atoms with Crippen LogP contribution in [0.5, 0.6) is 5.75 Å². The summed E-state index contributed by atoms with van der Waals surface area (Å²) >= 11 is 0. The van der Waals surface area contributed by atoms with Crippen LogP contribution in [0.3, 0.4) is 0 Å². The molecule has 0 spiro atoms. The van der Waals surface area contributed by atoms with Crippen LogP contribution >= 0.6 is 0 Å². The highest BCUT2D eigenvalue weighted by Gasteiger charge is 2.31. The van der Waals surface area contributed by atoms with Gasteiger partial charge in [-0.2, -0.15) is 0 Å². The molecule has 4 nitrogen and oxygen atoms in total. The van der Waals surface area contributed by atoms with E-state index in [-0.39, 0.29) is 12.1 Å². The van der Waals surface area contributed by atoms with Crippen LogP contribution in [0.15, 0.2) is 36.9 Å². The molecule has 1 aliphatic rings. The van der Waals surface area contributed by atoms with Crippen LogP contribution in [-0.4, -0.2) is 25.9 Å². The maximum absolute atomic E-state index is 11.5. The third kappa shape index (κ3) is 1.74. The zero-order valence-electron chi connectivity index (χ0n) is 9.05. The fourth-order valence-electron chi connectivity index (χ4n) is 1.65. The quantitative estimate of drug-likeness (QED) is 0.731. The number of amides is 1. The van der Waals surface area contributed by atoms with Crippen molar-refractivity contribution in [1.29, 1.82) is 0 Å². The molecule has 0 aromatic heterocycles. The van der Waals surface area contributed by atoms with E-state index in [1.807, 2.05) is 12.1 Å². The molecule has 0 unspecified atom stereocenters. The van der Waals surface area contributed by atoms with Crippen molar-refractivity contribution in [2.75, 3.05) is 18.6 Å². The van der Waals surface area contributed by atoms with E-state index in [0.717, 1.165) is 11.4 Å². The number of anilines is 1. The van der Waals surface area contributed by atoms with Crippen molar-refractivity contribution in [3.63, 3.8) is 0 Å². The first-order valence-electron chi connectivity index (χ1n) is 4.99. The fraction of sp³-hybridized carbons (Fsp3) is 0.250. The largest absolute Gasteiger partial charge is 0.497 e. The zero-order chi connectivity index (χ0) is 11.5. The molecule has 1 fully saturated rings. The second-order valence-electron chi connectivity index (χ2n) is 3.45. The predicted molar refractivity (Wildman–Crippen MR) is 60.8 cm³/mol. The molecule has 0 saturated carbocycles. The number of carbonyl (C=O) groups excluding carboxylic acids is 1. The van der Waals surface area contributed by atoms with Gasteiger partial charge >= 0.3 is 6.09 Å². The molecule has 1 aromatic rings. The summed E-state index contributed by atoms with van der Waals surface area (Å²) in [7, 11) is 1.60. The van der Waals surface area contributed by atoms with E-state index in [1.54, 1.807) is 30.2 Å². The average molecular weight is 219 g/mol. The fourth-order valence-corrected chi connectivity index (χ4v) is 1.65. The highest BCUT2D eigenvalue weighted by molar-refractivity contribution is 5.90. The summed E-state index contributed by atoms with van der Waals surface area (Å²) < 4.78 is 10.0. The Morgan fingerprint density at radius 3 is 2.75 bits per heavy atom. The van der Waals surface area contributed by atoms with Gasteiger partial charge in [0.2, 0.25) is 0 Å². The number of methoxy groups -OCH3 is 1. The van der Waals surface area contributed by atoms with Gasteiger partial charge in [-0.25, -0.2) is 4.79 Å². The molecular weight excluding hydrogens is 206 g/mol. The first-order chi connectivity index (χ1) is 7.76. The van der Waals surface area contributed by atoms with Gasteiger partial charge in [0.25, 0.3) is 0 Å². The van der Waals surface area contributed by atoms with Crippen molar-refractivity contribution < 1.29 is 14.3 Å². The number of hydrogen-bond acceptors (Lipinski definition) is 3. The number of cyclic esters (lactones) is 1. The summed E-state index contributed by atoms with van der Waals surface area (Å²) in [5, 5.41) is 0. The minimum Gasteiger partial charge on any atom is -0.497 e. The van der Waals surface area contributed by atoms with Crippen molar-refractivity contribution in [1.82, 2.24) is 0 Å². The van der Waals surface area contributed by atoms with Crippen molar-refractivity contribution >= 4 is 11.8 Å². The molecule has 0 N–H and O–H groups in total. The molecule has 0 radical (unpaired) electrons. The van der Waals surface area contributed by atoms with E-state index in [2.05, 4.69) is 6.58 Å². The smallest absolute Gasteiger partial charge is 0.415 e. The number of hydrogen-bond donors (Lipinski definition) is 0. The number of carbonyl (C=O) groups is 1. The summed E-state index contributed by atoms with van der Waals surface area (Å²) in [6.45, 7) is 4.04. The molecule has 0 bridgehead atoms. The number of rotatable bonds is 3. The van der Waals surface area contributed by atoms with Crippen molar-refractivity contribution in [3.05, 3.63) is 36.9 Å². The Kier molecular flexibility index (Phi) is 2.81. The Hall–Kier alpha value is -1.97. The second kappa shape index (κ2) is 4.26. The van der Waals surface area contributed by atoms with Crippen LogP contribution in [-0.2, 0) is 4.74 Å². The van der Waals surface area contributed by atoms with Crippen LogP contribution in [0.25, 0.3) is 0 Å². The van der Waals surface area contributed by atoms with Gasteiger partial charge in [-0.15, -0.1) is 6.58 Å². The maximum atomic E-state index is 11.5. The molecule has 1 aromatic carbocycles. The topological polar surface area (TPSA) is 38.8 Å². The molecule has 16 heavy (non-hydrogen) atoms. The molecule has 1 saturated heterocycles. The predicted octanol–water partition coefficient (Wildman–Crippen LogP) is 2.21. The monoisotopic (exact) mass is 219 g/mol. The highest BCUT2D eigenvalue weighted by Crippen LogP contribution is 2.25. The standard InChI is InChI=1S/C12H13NO3/c1-3-9-8-16-12(14)13(9)10-4-6-11(15-2)7-5-10/h3-7,9H,1,8H2,2H3/t9-/m1/s1. The molecule has 1 amide bonds. The summed E-state index contributed by atoms with van der Waals surface area (Å²) in [5.41, 5.74) is 0.785. The van der Waals surface area contributed by atoms with Crippen LogP contribution in [0.4, 0.5) is 10.5 Å². The maximum Gasteiger partial charge on any atom is 0.415 e. The summed E-state index contributed by atoms with van der Waals surface area (Å²) in [4.78, 5) is 13.1. The summed E-state index contributed by atoms with van der Waals surface area (Å²) in [6, 6.07) is 7.16. The Balaban J connectivity index is 2.27. The molecule has 1 atom stereocenters. The van der Waals surface area contributed by atoms with E-state index in [0.29, 0.717) is 6.61 Å². The van der Waals surface area contributed by atoms with Gasteiger partial charge in [0.05, 0.1) is 13.2 Å². The highest BCUT2D eigenvalue weighted by atomic mass is 16.6. The normalized spacial score (nSPS) is 19.4. The average Bonchev–Trinajstić information content (AvgIpc) is 2.70. The van der Waals surface area contributed by atoms with Gasteiger partial charge in [-0.1, -0.05) is 6.08 Å². The van der Waals surface area contributed by atoms with Gasteiger partial charge in [-0.3, -0.25) is 4.90 Å². The van der Waals surface area contributed by atoms with E-state index >= 15 is 0 Å². The molecular formula is C12H13NO3. The number of ether oxygens (including phenoxy) is 2. The lowest BCUT2D eigenvalue weighted by Gasteiger charge is -2.18. The van der Waals surface area contributed by atoms with E-state index in [1.165, 1.54) is 0 Å². The van der Waals surface area contributed by atoms with Gasteiger partial charge in [0.15, 0.2) is 0 Å². The minimum atomic E-state index is -0.338. The molecule has 0 aliphatic carbocycles. The van der Waals surface area contributed by atoms with Crippen LogP contribution < -0.4 is 9.64 Å². The molecule has 2 rings (SSSR count). The van der Waals surface area contributed by atoms with Gasteiger partial charge in [0, 0.05) is 5.69 Å². The molecule has 1 heterocycles. The summed E-state index contributed by atoms with van der Waals surface area (Å²) in [6.07, 6.45) is 1.37. The lowest BCUT2D eigenvalue weighted by Crippen LogP contribution is -2.31. The van der Waals surface area contributed by atoms with Gasteiger partial charge in [-0.05, 0) is 24.3 Å². The van der Waals surface area contributed by atoms with E-state index in [4.69, 9.17) is 9.47 Å². The lowest BCUT2D eigenvalue weighted by molar-refractivity contribution is 0.180. The van der Waals surface area contributed by atoms with E-state index in [9.17, 15) is 4.79 Å². The Bertz CT molecular complexity index is 399. The second-order valence-corrected chi connectivity index (χ2v) is 3.45. The summed E-state index contributed by atoms with van der Waals surface area (Å²) in [5.74, 6) is 0.756. The van der Waals surface area contributed by atoms with Crippen LogP contribution in [0.2, 0.25) is 0 Å². The Labute approximate surface area is 94.1 Å². The van der Waals surface area contributed by atoms with Crippen molar-refractivity contribution in [2.24, 2.45) is 0 Å². The van der Waals surface area contributed by atoms with Crippen LogP contribution in [0, 0.1) is 0 Å². The number of benzene rings is 1. The van der Waals surface area contributed by atoms with Gasteiger partial charge < -0.3 is 9.47 Å². The molecule has 1 aliphatic heterocycles. The third-order valence-electron chi connectivity index (χ3n) is 2.53. The van der Waals surface area contributed by atoms with Gasteiger partial charge in [0.1, 0.15) is 12.4 Å². The lowest BCUT2D eigenvalue weighted by atomic mass is 10.2. The van der Waals surface area contributed by atoms with Crippen molar-refractivity contribution in [2.45, 2.75) is 6.04 Å². The van der Waals surface area contributed by atoms with E-state index < -0.39 is 0 Å². The first-order valence-corrected chi connectivity index (χ1v) is 4.99. The molecule has 84 valence electrons. The Morgan fingerprint density at radius 1 is 1.50 bits per heavy atom. The van der Waals surface area contributed by atoms with Crippen molar-refractivity contribution in [3.8, 4) is 5.75 Å². The third-order valence-corrected chi connectivity index (χ3v) is 2.53. The first kappa shape index (κ1) is 10.5. The SMILES string of the molecule is C=C[C@@H]1COC(=O)N1c1ccc(OC)cc1. The van der Waals surface area contributed by atoms with Crippen LogP contribution in [0.1, 0.15) is 0 Å². The Morgan fingerprint density at radius 2 is 2.19 bits per heavy atom.